The van der Waals surface area contributed by atoms with Gasteiger partial charge in [0.15, 0.2) is 0 Å². The Morgan fingerprint density at radius 3 is 2.29 bits per heavy atom. The van der Waals surface area contributed by atoms with E-state index >= 15 is 0 Å². The summed E-state index contributed by atoms with van der Waals surface area (Å²) in [5, 5.41) is 0. The molecule has 0 atom stereocenters. The standard InChI is InChI=1S/C15H23NO/c1-10(2)12-8-6-7-11(9-15(3,4)5)13(12)14(16)17/h6-8,10H,9H2,1-5H3,(H2,16,17). The summed E-state index contributed by atoms with van der Waals surface area (Å²) >= 11 is 0. The molecule has 0 aliphatic heterocycles. The third-order valence-corrected chi connectivity index (χ3v) is 2.77. The largest absolute Gasteiger partial charge is 0.366 e. The van der Waals surface area contributed by atoms with Gasteiger partial charge in [-0.05, 0) is 28.9 Å². The van der Waals surface area contributed by atoms with Gasteiger partial charge in [-0.25, -0.2) is 0 Å². The van der Waals surface area contributed by atoms with E-state index in [0.29, 0.717) is 5.92 Å². The molecule has 2 nitrogen and oxygen atoms in total. The second kappa shape index (κ2) is 4.91. The predicted molar refractivity (Wildman–Crippen MR) is 72.2 cm³/mol. The lowest BCUT2D eigenvalue weighted by atomic mass is 9.83. The van der Waals surface area contributed by atoms with Gasteiger partial charge in [0.05, 0.1) is 0 Å². The molecule has 2 N–H and O–H groups in total. The lowest BCUT2D eigenvalue weighted by Crippen LogP contribution is -2.20. The topological polar surface area (TPSA) is 43.1 Å². The van der Waals surface area contributed by atoms with Crippen molar-refractivity contribution in [1.82, 2.24) is 0 Å². The fraction of sp³-hybridized carbons (Fsp3) is 0.533. The minimum atomic E-state index is -0.312. The number of carbonyl (C=O) groups excluding carboxylic acids is 1. The second-order valence-corrected chi connectivity index (χ2v) is 6.14. The summed E-state index contributed by atoms with van der Waals surface area (Å²) in [6, 6.07) is 6.02. The Bertz CT molecular complexity index is 413. The predicted octanol–water partition coefficient (Wildman–Crippen LogP) is 3.50. The number of rotatable bonds is 3. The quantitative estimate of drug-likeness (QED) is 0.853. The molecule has 1 aromatic rings. The lowest BCUT2D eigenvalue weighted by Gasteiger charge is -2.22. The maximum absolute atomic E-state index is 11.7. The van der Waals surface area contributed by atoms with E-state index in [1.165, 1.54) is 0 Å². The fourth-order valence-corrected chi connectivity index (χ4v) is 2.12. The van der Waals surface area contributed by atoms with Gasteiger partial charge < -0.3 is 5.73 Å². The Hall–Kier alpha value is -1.31. The first-order valence-electron chi connectivity index (χ1n) is 6.14. The number of benzene rings is 1. The van der Waals surface area contributed by atoms with Gasteiger partial charge in [0, 0.05) is 5.56 Å². The van der Waals surface area contributed by atoms with E-state index in [4.69, 9.17) is 5.73 Å². The highest BCUT2D eigenvalue weighted by molar-refractivity contribution is 5.96. The zero-order valence-corrected chi connectivity index (χ0v) is 11.5. The fourth-order valence-electron chi connectivity index (χ4n) is 2.12. The van der Waals surface area contributed by atoms with Crippen molar-refractivity contribution < 1.29 is 4.79 Å². The average molecular weight is 233 g/mol. The molecule has 0 spiro atoms. The summed E-state index contributed by atoms with van der Waals surface area (Å²) in [6.45, 7) is 10.7. The van der Waals surface area contributed by atoms with Crippen LogP contribution in [0.4, 0.5) is 0 Å². The second-order valence-electron chi connectivity index (χ2n) is 6.14. The first-order valence-corrected chi connectivity index (χ1v) is 6.14. The van der Waals surface area contributed by atoms with Crippen LogP contribution in [0, 0.1) is 5.41 Å². The summed E-state index contributed by atoms with van der Waals surface area (Å²) in [5.41, 5.74) is 8.53. The molecule has 1 rings (SSSR count). The molecule has 0 fully saturated rings. The molecule has 94 valence electrons. The van der Waals surface area contributed by atoms with E-state index in [1.54, 1.807) is 0 Å². The number of nitrogens with two attached hydrogens (primary N) is 1. The van der Waals surface area contributed by atoms with E-state index in [1.807, 2.05) is 18.2 Å². The molecular weight excluding hydrogens is 210 g/mol. The zero-order chi connectivity index (χ0) is 13.2. The summed E-state index contributed by atoms with van der Waals surface area (Å²) in [7, 11) is 0. The smallest absolute Gasteiger partial charge is 0.249 e. The highest BCUT2D eigenvalue weighted by atomic mass is 16.1. The van der Waals surface area contributed by atoms with E-state index in [2.05, 4.69) is 34.6 Å². The van der Waals surface area contributed by atoms with Crippen LogP contribution in [0.1, 0.15) is 62.0 Å². The Balaban J connectivity index is 3.30. The molecule has 1 amide bonds. The van der Waals surface area contributed by atoms with Crippen LogP contribution in [0.5, 0.6) is 0 Å². The average Bonchev–Trinajstić information content (AvgIpc) is 2.14. The minimum Gasteiger partial charge on any atom is -0.366 e. The molecule has 0 saturated heterocycles. The SMILES string of the molecule is CC(C)c1cccc(CC(C)(C)C)c1C(N)=O. The number of hydrogen-bond acceptors (Lipinski definition) is 1. The lowest BCUT2D eigenvalue weighted by molar-refractivity contribution is 0.0998. The zero-order valence-electron chi connectivity index (χ0n) is 11.5. The van der Waals surface area contributed by atoms with Crippen molar-refractivity contribution in [1.29, 1.82) is 0 Å². The van der Waals surface area contributed by atoms with Crippen molar-refractivity contribution in [3.8, 4) is 0 Å². The Morgan fingerprint density at radius 2 is 1.88 bits per heavy atom. The van der Waals surface area contributed by atoms with Crippen molar-refractivity contribution in [2.45, 2.75) is 47.0 Å². The number of amides is 1. The van der Waals surface area contributed by atoms with Crippen molar-refractivity contribution in [3.63, 3.8) is 0 Å². The molecule has 0 aromatic heterocycles. The Labute approximate surface area is 104 Å². The van der Waals surface area contributed by atoms with Crippen LogP contribution in [0.3, 0.4) is 0 Å². The van der Waals surface area contributed by atoms with E-state index in [9.17, 15) is 4.79 Å². The normalized spacial score (nSPS) is 11.9. The molecule has 17 heavy (non-hydrogen) atoms. The summed E-state index contributed by atoms with van der Waals surface area (Å²) in [6.07, 6.45) is 0.867. The van der Waals surface area contributed by atoms with Crippen molar-refractivity contribution >= 4 is 5.91 Å². The third-order valence-electron chi connectivity index (χ3n) is 2.77. The van der Waals surface area contributed by atoms with Crippen LogP contribution in [0.2, 0.25) is 0 Å². The van der Waals surface area contributed by atoms with Crippen LogP contribution in [0.25, 0.3) is 0 Å². The maximum Gasteiger partial charge on any atom is 0.249 e. The molecule has 0 aliphatic carbocycles. The van der Waals surface area contributed by atoms with Crippen molar-refractivity contribution in [2.24, 2.45) is 11.1 Å². The van der Waals surface area contributed by atoms with Gasteiger partial charge in [-0.15, -0.1) is 0 Å². The molecule has 0 aliphatic rings. The molecule has 0 unspecified atom stereocenters. The first kappa shape index (κ1) is 13.8. The number of hydrogen-bond donors (Lipinski definition) is 1. The molecule has 1 aromatic carbocycles. The number of carbonyl (C=O) groups is 1. The van der Waals surface area contributed by atoms with Gasteiger partial charge in [-0.3, -0.25) is 4.79 Å². The summed E-state index contributed by atoms with van der Waals surface area (Å²) in [5.74, 6) is 0.00553. The Kier molecular flexibility index (Phi) is 3.97. The third kappa shape index (κ3) is 3.58. The molecule has 0 heterocycles. The highest BCUT2D eigenvalue weighted by Gasteiger charge is 2.19. The van der Waals surface area contributed by atoms with Crippen LogP contribution in [-0.2, 0) is 6.42 Å². The van der Waals surface area contributed by atoms with Gasteiger partial charge in [-0.2, -0.15) is 0 Å². The van der Waals surface area contributed by atoms with Crippen LogP contribution in [0.15, 0.2) is 18.2 Å². The van der Waals surface area contributed by atoms with Gasteiger partial charge in [0.25, 0.3) is 0 Å². The van der Waals surface area contributed by atoms with Gasteiger partial charge in [0.1, 0.15) is 0 Å². The van der Waals surface area contributed by atoms with Crippen LogP contribution >= 0.6 is 0 Å². The molecule has 0 bridgehead atoms. The highest BCUT2D eigenvalue weighted by Crippen LogP contribution is 2.27. The van der Waals surface area contributed by atoms with Crippen molar-refractivity contribution in [2.75, 3.05) is 0 Å². The molecule has 2 heteroatoms. The van der Waals surface area contributed by atoms with Crippen LogP contribution < -0.4 is 5.73 Å². The summed E-state index contributed by atoms with van der Waals surface area (Å²) < 4.78 is 0. The van der Waals surface area contributed by atoms with E-state index in [-0.39, 0.29) is 11.3 Å². The van der Waals surface area contributed by atoms with Gasteiger partial charge in [0.2, 0.25) is 5.91 Å². The number of primary amides is 1. The monoisotopic (exact) mass is 233 g/mol. The minimum absolute atomic E-state index is 0.153. The maximum atomic E-state index is 11.7. The van der Waals surface area contributed by atoms with E-state index < -0.39 is 0 Å². The van der Waals surface area contributed by atoms with Gasteiger partial charge in [-0.1, -0.05) is 52.8 Å². The molecular formula is C15H23NO. The molecule has 0 saturated carbocycles. The van der Waals surface area contributed by atoms with Crippen molar-refractivity contribution in [3.05, 3.63) is 34.9 Å². The van der Waals surface area contributed by atoms with E-state index in [0.717, 1.165) is 23.1 Å². The van der Waals surface area contributed by atoms with Crippen LogP contribution in [-0.4, -0.2) is 5.91 Å². The first-order chi connectivity index (χ1) is 7.72. The Morgan fingerprint density at radius 1 is 1.29 bits per heavy atom. The summed E-state index contributed by atoms with van der Waals surface area (Å²) in [4.78, 5) is 11.7. The molecule has 0 radical (unpaired) electrons. The van der Waals surface area contributed by atoms with Gasteiger partial charge >= 0.3 is 0 Å².